The van der Waals surface area contributed by atoms with Gasteiger partial charge in [-0.1, -0.05) is 44.7 Å². The SMILES string of the molecule is C=CC(=O)Nc1c(-c2ccc(OC(F)(F)F)cc2)ccc(C)c1C(=O)NCc1c(CC)cc(CC)[nH]c1=O. The van der Waals surface area contributed by atoms with E-state index in [0.29, 0.717) is 35.1 Å². The Hall–Kier alpha value is -4.34. The van der Waals surface area contributed by atoms with Crippen LogP contribution in [0.4, 0.5) is 18.9 Å². The number of aryl methyl sites for hydroxylation is 3. The Balaban J connectivity index is 2.01. The summed E-state index contributed by atoms with van der Waals surface area (Å²) in [4.78, 5) is 41.1. The number of H-pyrrole nitrogens is 1. The number of halogens is 3. The molecule has 10 heteroatoms. The van der Waals surface area contributed by atoms with E-state index in [4.69, 9.17) is 0 Å². The molecule has 0 radical (unpaired) electrons. The van der Waals surface area contributed by atoms with Gasteiger partial charge < -0.3 is 20.4 Å². The fourth-order valence-corrected chi connectivity index (χ4v) is 4.04. The fourth-order valence-electron chi connectivity index (χ4n) is 4.04. The molecular formula is C28H28F3N3O4. The summed E-state index contributed by atoms with van der Waals surface area (Å²) in [6, 6.07) is 10.3. The molecule has 7 nitrogen and oxygen atoms in total. The number of aromatic nitrogens is 1. The molecule has 1 aromatic heterocycles. The van der Waals surface area contributed by atoms with Gasteiger partial charge in [-0.15, -0.1) is 13.2 Å². The number of benzene rings is 2. The molecule has 0 aliphatic carbocycles. The molecule has 0 unspecified atom stereocenters. The van der Waals surface area contributed by atoms with E-state index < -0.39 is 23.9 Å². The van der Waals surface area contributed by atoms with Crippen LogP contribution in [0.15, 0.2) is 59.9 Å². The Bertz CT molecular complexity index is 1410. The third-order valence-corrected chi connectivity index (χ3v) is 5.95. The van der Waals surface area contributed by atoms with Gasteiger partial charge in [-0.05, 0) is 60.7 Å². The van der Waals surface area contributed by atoms with Gasteiger partial charge in [0.25, 0.3) is 11.5 Å². The number of nitrogens with one attached hydrogen (secondary N) is 3. The number of carbonyl (C=O) groups excluding carboxylic acids is 2. The molecule has 200 valence electrons. The van der Waals surface area contributed by atoms with Crippen molar-refractivity contribution in [3.8, 4) is 16.9 Å². The van der Waals surface area contributed by atoms with Gasteiger partial charge in [0.15, 0.2) is 0 Å². The second-order valence-corrected chi connectivity index (χ2v) is 8.46. The molecule has 2 aromatic carbocycles. The predicted octanol–water partition coefficient (Wildman–Crippen LogP) is 5.43. The van der Waals surface area contributed by atoms with Crippen LogP contribution in [-0.2, 0) is 24.2 Å². The lowest BCUT2D eigenvalue weighted by Gasteiger charge is -2.18. The molecule has 0 atom stereocenters. The number of pyridine rings is 1. The van der Waals surface area contributed by atoms with Crippen LogP contribution in [-0.4, -0.2) is 23.2 Å². The third-order valence-electron chi connectivity index (χ3n) is 5.95. The summed E-state index contributed by atoms with van der Waals surface area (Å²) in [7, 11) is 0. The molecule has 38 heavy (non-hydrogen) atoms. The summed E-state index contributed by atoms with van der Waals surface area (Å²) in [5.41, 5.74) is 3.44. The highest BCUT2D eigenvalue weighted by Crippen LogP contribution is 2.35. The highest BCUT2D eigenvalue weighted by molar-refractivity contribution is 6.10. The van der Waals surface area contributed by atoms with Gasteiger partial charge in [0.05, 0.1) is 11.3 Å². The van der Waals surface area contributed by atoms with Crippen LogP contribution < -0.4 is 20.9 Å². The molecule has 3 rings (SSSR count). The van der Waals surface area contributed by atoms with E-state index in [-0.39, 0.29) is 23.4 Å². The minimum absolute atomic E-state index is 0.0384. The molecule has 0 saturated carbocycles. The van der Waals surface area contributed by atoms with Crippen molar-refractivity contribution in [1.29, 1.82) is 0 Å². The van der Waals surface area contributed by atoms with Crippen molar-refractivity contribution in [2.75, 3.05) is 5.32 Å². The maximum atomic E-state index is 13.4. The van der Waals surface area contributed by atoms with Gasteiger partial charge in [0.1, 0.15) is 5.75 Å². The molecule has 0 saturated heterocycles. The molecule has 0 bridgehead atoms. The maximum absolute atomic E-state index is 13.4. The standard InChI is InChI=1S/C28H28F3N3O4/c1-5-17-14-19(6-2)33-26(36)22(17)15-32-27(37)24-16(4)8-13-21(25(24)34-23(35)7-3)18-9-11-20(12-10-18)38-28(29,30)31/h7-14H,3,5-6,15H2,1-2,4H3,(H,32,37)(H,33,36)(H,34,35). The van der Waals surface area contributed by atoms with Crippen LogP contribution in [0, 0.1) is 6.92 Å². The molecule has 2 amide bonds. The number of alkyl halides is 3. The summed E-state index contributed by atoms with van der Waals surface area (Å²) in [5, 5.41) is 5.43. The van der Waals surface area contributed by atoms with E-state index >= 15 is 0 Å². The average molecular weight is 528 g/mol. The molecule has 3 N–H and O–H groups in total. The van der Waals surface area contributed by atoms with E-state index in [9.17, 15) is 27.6 Å². The Kier molecular flexibility index (Phi) is 8.77. The van der Waals surface area contributed by atoms with Crippen molar-refractivity contribution in [2.24, 2.45) is 0 Å². The first kappa shape index (κ1) is 28.2. The summed E-state index contributed by atoms with van der Waals surface area (Å²) >= 11 is 0. The predicted molar refractivity (Wildman–Crippen MR) is 139 cm³/mol. The number of ether oxygens (including phenoxy) is 1. The number of aromatic amines is 1. The second-order valence-electron chi connectivity index (χ2n) is 8.46. The first-order valence-corrected chi connectivity index (χ1v) is 11.9. The zero-order chi connectivity index (χ0) is 28.0. The molecule has 0 aliphatic heterocycles. The second kappa shape index (κ2) is 11.8. The number of amides is 2. The number of hydrogen-bond acceptors (Lipinski definition) is 4. The van der Waals surface area contributed by atoms with Crippen molar-refractivity contribution in [3.05, 3.63) is 93.4 Å². The van der Waals surface area contributed by atoms with E-state index in [1.54, 1.807) is 19.1 Å². The molecule has 3 aromatic rings. The first-order chi connectivity index (χ1) is 18.0. The number of carbonyl (C=O) groups is 2. The molecule has 0 fully saturated rings. The first-order valence-electron chi connectivity index (χ1n) is 11.9. The average Bonchev–Trinajstić information content (AvgIpc) is 2.87. The highest BCUT2D eigenvalue weighted by Gasteiger charge is 2.31. The Morgan fingerprint density at radius 2 is 1.76 bits per heavy atom. The zero-order valence-corrected chi connectivity index (χ0v) is 21.2. The summed E-state index contributed by atoms with van der Waals surface area (Å²) in [6.45, 7) is 8.94. The number of hydrogen-bond donors (Lipinski definition) is 3. The van der Waals surface area contributed by atoms with Crippen LogP contribution in [0.3, 0.4) is 0 Å². The van der Waals surface area contributed by atoms with Gasteiger partial charge in [0, 0.05) is 23.4 Å². The van der Waals surface area contributed by atoms with E-state index in [1.165, 1.54) is 12.1 Å². The Morgan fingerprint density at radius 3 is 2.34 bits per heavy atom. The van der Waals surface area contributed by atoms with Crippen LogP contribution in [0.1, 0.15) is 46.6 Å². The van der Waals surface area contributed by atoms with Crippen LogP contribution in [0.2, 0.25) is 0 Å². The molecule has 1 heterocycles. The summed E-state index contributed by atoms with van der Waals surface area (Å²) < 4.78 is 41.6. The fraction of sp³-hybridized carbons (Fsp3) is 0.250. The monoisotopic (exact) mass is 527 g/mol. The van der Waals surface area contributed by atoms with E-state index in [0.717, 1.165) is 29.5 Å². The highest BCUT2D eigenvalue weighted by atomic mass is 19.4. The van der Waals surface area contributed by atoms with Crippen LogP contribution in [0.25, 0.3) is 11.1 Å². The lowest BCUT2D eigenvalue weighted by molar-refractivity contribution is -0.274. The van der Waals surface area contributed by atoms with Crippen molar-refractivity contribution in [2.45, 2.75) is 46.5 Å². The summed E-state index contributed by atoms with van der Waals surface area (Å²) in [6.07, 6.45) is -2.53. The van der Waals surface area contributed by atoms with Gasteiger partial charge in [-0.2, -0.15) is 0 Å². The lowest BCUT2D eigenvalue weighted by atomic mass is 9.95. The quantitative estimate of drug-likeness (QED) is 0.323. The smallest absolute Gasteiger partial charge is 0.406 e. The minimum Gasteiger partial charge on any atom is -0.406 e. The van der Waals surface area contributed by atoms with E-state index in [2.05, 4.69) is 26.9 Å². The van der Waals surface area contributed by atoms with Gasteiger partial charge >= 0.3 is 6.36 Å². The van der Waals surface area contributed by atoms with Gasteiger partial charge in [-0.3, -0.25) is 14.4 Å². The Labute approximate surface area is 217 Å². The van der Waals surface area contributed by atoms with Crippen molar-refractivity contribution < 1.29 is 27.5 Å². The largest absolute Gasteiger partial charge is 0.573 e. The topological polar surface area (TPSA) is 100 Å². The maximum Gasteiger partial charge on any atom is 0.573 e. The van der Waals surface area contributed by atoms with Crippen LogP contribution in [0.5, 0.6) is 5.75 Å². The molecular weight excluding hydrogens is 499 g/mol. The minimum atomic E-state index is -4.84. The summed E-state index contributed by atoms with van der Waals surface area (Å²) in [5.74, 6) is -1.53. The van der Waals surface area contributed by atoms with Crippen molar-refractivity contribution in [1.82, 2.24) is 10.3 Å². The van der Waals surface area contributed by atoms with Crippen molar-refractivity contribution in [3.63, 3.8) is 0 Å². The van der Waals surface area contributed by atoms with E-state index in [1.807, 2.05) is 19.9 Å². The lowest BCUT2D eigenvalue weighted by Crippen LogP contribution is -2.30. The molecule has 0 spiro atoms. The zero-order valence-electron chi connectivity index (χ0n) is 21.2. The third kappa shape index (κ3) is 6.70. The van der Waals surface area contributed by atoms with Gasteiger partial charge in [-0.25, -0.2) is 0 Å². The molecule has 0 aliphatic rings. The van der Waals surface area contributed by atoms with Gasteiger partial charge in [0.2, 0.25) is 5.91 Å². The number of rotatable bonds is 9. The van der Waals surface area contributed by atoms with Crippen molar-refractivity contribution >= 4 is 17.5 Å². The number of anilines is 1. The normalized spacial score (nSPS) is 11.1. The van der Waals surface area contributed by atoms with Crippen LogP contribution >= 0.6 is 0 Å². The Morgan fingerprint density at radius 1 is 1.08 bits per heavy atom.